The molecule has 8 heteroatoms. The number of ether oxygens (including phenoxy) is 1. The van der Waals surface area contributed by atoms with Crippen molar-refractivity contribution in [1.29, 1.82) is 0 Å². The number of fused-ring (bicyclic) bond motifs is 1. The van der Waals surface area contributed by atoms with Gasteiger partial charge in [-0.05, 0) is 47.5 Å². The first-order chi connectivity index (χ1) is 20.6. The Morgan fingerprint density at radius 1 is 0.833 bits per heavy atom. The number of aliphatic hydroxyl groups is 1. The Hall–Kier alpha value is -4.50. The van der Waals surface area contributed by atoms with Gasteiger partial charge < -0.3 is 19.6 Å². The number of β-amino-alcohol motifs (C(OH)–C–C–N with tert-alkyl or cyclic N) is 1. The molecule has 1 saturated heterocycles. The van der Waals surface area contributed by atoms with E-state index in [2.05, 4.69) is 32.2 Å². The molecule has 1 atom stereocenters. The lowest BCUT2D eigenvalue weighted by molar-refractivity contribution is -0.117. The molecule has 0 bridgehead atoms. The van der Waals surface area contributed by atoms with Gasteiger partial charge >= 0.3 is 0 Å². The number of hydrogen-bond acceptors (Lipinski definition) is 7. The highest BCUT2D eigenvalue weighted by atomic mass is 16.5. The van der Waals surface area contributed by atoms with E-state index in [0.29, 0.717) is 35.8 Å². The molecule has 1 aliphatic rings. The maximum absolute atomic E-state index is 12.6. The van der Waals surface area contributed by atoms with Crippen molar-refractivity contribution in [2.24, 2.45) is 0 Å². The highest BCUT2D eigenvalue weighted by molar-refractivity contribution is 5.92. The second kappa shape index (κ2) is 13.0. The van der Waals surface area contributed by atoms with Gasteiger partial charge in [-0.15, -0.1) is 0 Å². The second-order valence-electron chi connectivity index (χ2n) is 10.5. The third kappa shape index (κ3) is 7.03. The summed E-state index contributed by atoms with van der Waals surface area (Å²) in [4.78, 5) is 21.6. The van der Waals surface area contributed by atoms with E-state index in [1.807, 2.05) is 91.0 Å². The molecule has 0 aliphatic carbocycles. The van der Waals surface area contributed by atoms with Crippen LogP contribution in [0.3, 0.4) is 0 Å². The topological polar surface area (TPSA) is 91.1 Å². The van der Waals surface area contributed by atoms with E-state index in [1.54, 1.807) is 0 Å². The average Bonchev–Trinajstić information content (AvgIpc) is 3.46. The van der Waals surface area contributed by atoms with Crippen LogP contribution in [-0.2, 0) is 4.79 Å². The number of carbonyl (C=O) groups excluding carboxylic acids is 1. The van der Waals surface area contributed by atoms with E-state index in [0.717, 1.165) is 48.6 Å². The summed E-state index contributed by atoms with van der Waals surface area (Å²) in [5.41, 5.74) is 5.38. The van der Waals surface area contributed by atoms with Crippen molar-refractivity contribution in [2.45, 2.75) is 6.10 Å². The molecule has 1 aromatic heterocycles. The van der Waals surface area contributed by atoms with Crippen LogP contribution in [-0.4, -0.2) is 77.8 Å². The SMILES string of the molecule is O=C(CN1CCN(CC(O)COc2ccc3oc(-c4ccccc4)nc3c2)CC1)Nc1ccc(-c2ccccc2)cc1. The standard InChI is InChI=1S/C34H34N4O4/c39-29(24-41-30-15-16-32-31(21-30)36-34(42-32)27-9-5-2-6-10-27)22-37-17-19-38(20-18-37)23-33(40)35-28-13-11-26(12-14-28)25-7-3-1-4-8-25/h1-16,21,29,39H,17-20,22-24H2,(H,35,40). The first-order valence-corrected chi connectivity index (χ1v) is 14.3. The minimum absolute atomic E-state index is 0.0238. The number of nitrogens with one attached hydrogen (secondary N) is 1. The number of hydrogen-bond donors (Lipinski definition) is 2. The minimum atomic E-state index is -0.633. The third-order valence-electron chi connectivity index (χ3n) is 7.40. The van der Waals surface area contributed by atoms with Crippen LogP contribution >= 0.6 is 0 Å². The molecule has 1 unspecified atom stereocenters. The number of carbonyl (C=O) groups is 1. The lowest BCUT2D eigenvalue weighted by Gasteiger charge is -2.35. The first-order valence-electron chi connectivity index (χ1n) is 14.3. The van der Waals surface area contributed by atoms with E-state index >= 15 is 0 Å². The number of oxazole rings is 1. The third-order valence-corrected chi connectivity index (χ3v) is 7.40. The van der Waals surface area contributed by atoms with Crippen molar-refractivity contribution < 1.29 is 19.1 Å². The number of benzene rings is 4. The average molecular weight is 563 g/mol. The Balaban J connectivity index is 0.918. The molecule has 0 spiro atoms. The van der Waals surface area contributed by atoms with Crippen LogP contribution in [0, 0.1) is 0 Å². The molecule has 0 radical (unpaired) electrons. The summed E-state index contributed by atoms with van der Waals surface area (Å²) >= 11 is 0. The lowest BCUT2D eigenvalue weighted by Crippen LogP contribution is -2.50. The number of anilines is 1. The fraction of sp³-hybridized carbons (Fsp3) is 0.235. The van der Waals surface area contributed by atoms with Gasteiger partial charge in [0.2, 0.25) is 11.8 Å². The Bertz CT molecular complexity index is 1600. The monoisotopic (exact) mass is 562 g/mol. The summed E-state index contributed by atoms with van der Waals surface area (Å²) in [6, 6.07) is 33.4. The Kier molecular flexibility index (Phi) is 8.56. The van der Waals surface area contributed by atoms with E-state index in [1.165, 1.54) is 0 Å². The van der Waals surface area contributed by atoms with Crippen LogP contribution in [0.4, 0.5) is 5.69 Å². The second-order valence-corrected chi connectivity index (χ2v) is 10.5. The van der Waals surface area contributed by atoms with Gasteiger partial charge in [0.25, 0.3) is 0 Å². The molecule has 42 heavy (non-hydrogen) atoms. The van der Waals surface area contributed by atoms with E-state index in [9.17, 15) is 9.90 Å². The predicted molar refractivity (Wildman–Crippen MR) is 164 cm³/mol. The summed E-state index contributed by atoms with van der Waals surface area (Å²) in [5.74, 6) is 1.18. The van der Waals surface area contributed by atoms with Crippen LogP contribution in [0.1, 0.15) is 0 Å². The smallest absolute Gasteiger partial charge is 0.238 e. The molecular formula is C34H34N4O4. The minimum Gasteiger partial charge on any atom is -0.491 e. The summed E-state index contributed by atoms with van der Waals surface area (Å²) < 4.78 is 11.7. The Morgan fingerprint density at radius 2 is 1.48 bits per heavy atom. The van der Waals surface area contributed by atoms with Gasteiger partial charge in [-0.25, -0.2) is 4.98 Å². The van der Waals surface area contributed by atoms with E-state index in [4.69, 9.17) is 9.15 Å². The fourth-order valence-corrected chi connectivity index (χ4v) is 5.15. The highest BCUT2D eigenvalue weighted by Gasteiger charge is 2.21. The maximum atomic E-state index is 12.6. The zero-order valence-electron chi connectivity index (χ0n) is 23.4. The van der Waals surface area contributed by atoms with Crippen molar-refractivity contribution >= 4 is 22.7 Å². The molecule has 0 saturated carbocycles. The van der Waals surface area contributed by atoms with Crippen molar-refractivity contribution in [3.05, 3.63) is 103 Å². The normalized spacial score (nSPS) is 15.0. The van der Waals surface area contributed by atoms with Crippen LogP contribution in [0.5, 0.6) is 5.75 Å². The number of piperazine rings is 1. The summed E-state index contributed by atoms with van der Waals surface area (Å²) in [6.45, 7) is 4.13. The molecular weight excluding hydrogens is 528 g/mol. The lowest BCUT2D eigenvalue weighted by atomic mass is 10.1. The molecule has 214 valence electrons. The van der Waals surface area contributed by atoms with Crippen molar-refractivity contribution in [2.75, 3.05) is 51.2 Å². The molecule has 5 aromatic rings. The van der Waals surface area contributed by atoms with E-state index < -0.39 is 6.10 Å². The van der Waals surface area contributed by atoms with Gasteiger partial charge in [0, 0.05) is 50.0 Å². The van der Waals surface area contributed by atoms with E-state index in [-0.39, 0.29) is 12.5 Å². The van der Waals surface area contributed by atoms with Crippen LogP contribution < -0.4 is 10.1 Å². The molecule has 1 aliphatic heterocycles. The zero-order valence-corrected chi connectivity index (χ0v) is 23.4. The number of aliphatic hydroxyl groups excluding tert-OH is 1. The molecule has 8 nitrogen and oxygen atoms in total. The highest BCUT2D eigenvalue weighted by Crippen LogP contribution is 2.27. The molecule has 1 amide bonds. The van der Waals surface area contributed by atoms with Crippen molar-refractivity contribution in [3.8, 4) is 28.3 Å². The quantitative estimate of drug-likeness (QED) is 0.243. The first kappa shape index (κ1) is 27.7. The summed E-state index contributed by atoms with van der Waals surface area (Å²) in [7, 11) is 0. The van der Waals surface area contributed by atoms with Crippen molar-refractivity contribution in [3.63, 3.8) is 0 Å². The van der Waals surface area contributed by atoms with Crippen molar-refractivity contribution in [1.82, 2.24) is 14.8 Å². The van der Waals surface area contributed by atoms with Gasteiger partial charge in [0.05, 0.1) is 6.54 Å². The Labute approximate surface area is 245 Å². The molecule has 1 fully saturated rings. The van der Waals surface area contributed by atoms with Gasteiger partial charge in [-0.2, -0.15) is 0 Å². The van der Waals surface area contributed by atoms with Crippen LogP contribution in [0.25, 0.3) is 33.7 Å². The molecule has 6 rings (SSSR count). The van der Waals surface area contributed by atoms with Gasteiger partial charge in [0.1, 0.15) is 24.0 Å². The number of rotatable bonds is 10. The molecule has 4 aromatic carbocycles. The summed E-state index contributed by atoms with van der Waals surface area (Å²) in [5, 5.41) is 13.6. The van der Waals surface area contributed by atoms with Gasteiger partial charge in [-0.3, -0.25) is 14.6 Å². The zero-order chi connectivity index (χ0) is 28.7. The largest absolute Gasteiger partial charge is 0.491 e. The Morgan fingerprint density at radius 3 is 2.19 bits per heavy atom. The van der Waals surface area contributed by atoms with Gasteiger partial charge in [-0.1, -0.05) is 60.7 Å². The number of amides is 1. The van der Waals surface area contributed by atoms with Crippen LogP contribution in [0.2, 0.25) is 0 Å². The number of nitrogens with zero attached hydrogens (tertiary/aromatic N) is 3. The fourth-order valence-electron chi connectivity index (χ4n) is 5.15. The number of aromatic nitrogens is 1. The van der Waals surface area contributed by atoms with Crippen LogP contribution in [0.15, 0.2) is 108 Å². The molecule has 2 N–H and O–H groups in total. The molecule has 2 heterocycles. The summed E-state index contributed by atoms with van der Waals surface area (Å²) in [6.07, 6.45) is -0.633. The predicted octanol–water partition coefficient (Wildman–Crippen LogP) is 5.16. The van der Waals surface area contributed by atoms with Gasteiger partial charge in [0.15, 0.2) is 5.58 Å². The maximum Gasteiger partial charge on any atom is 0.238 e.